The Balaban J connectivity index is 1.75. The molecule has 2 atom stereocenters. The molecule has 5 amide bonds. The van der Waals surface area contributed by atoms with E-state index in [1.807, 2.05) is 6.07 Å². The summed E-state index contributed by atoms with van der Waals surface area (Å²) in [7, 11) is 1.49. The topological polar surface area (TPSA) is 134 Å². The van der Waals surface area contributed by atoms with Gasteiger partial charge in [0.05, 0.1) is 30.3 Å². The maximum absolute atomic E-state index is 14.0. The first-order chi connectivity index (χ1) is 17.1. The van der Waals surface area contributed by atoms with Gasteiger partial charge in [-0.25, -0.2) is 14.5 Å². The van der Waals surface area contributed by atoms with Crippen LogP contribution in [0.5, 0.6) is 0 Å². The molecule has 2 saturated heterocycles. The monoisotopic (exact) mass is 529 g/mol. The van der Waals surface area contributed by atoms with Gasteiger partial charge in [-0.15, -0.1) is 0 Å². The van der Waals surface area contributed by atoms with E-state index in [1.54, 1.807) is 24.3 Å². The van der Waals surface area contributed by atoms with Crippen LogP contribution in [0.1, 0.15) is 23.5 Å². The average molecular weight is 530 g/mol. The van der Waals surface area contributed by atoms with Gasteiger partial charge < -0.3 is 20.2 Å². The van der Waals surface area contributed by atoms with Crippen molar-refractivity contribution in [2.45, 2.75) is 17.9 Å². The molecule has 0 aromatic heterocycles. The molecule has 1 spiro atoms. The highest BCUT2D eigenvalue weighted by Crippen LogP contribution is 2.46. The number of carboxylic acid groups (broad SMARTS) is 1. The van der Waals surface area contributed by atoms with Crippen LogP contribution in [-0.2, 0) is 9.59 Å². The van der Waals surface area contributed by atoms with Gasteiger partial charge in [0.1, 0.15) is 5.54 Å². The number of nitrogens with one attached hydrogen (secondary N) is 1. The molecule has 2 fully saturated rings. The first-order valence-corrected chi connectivity index (χ1v) is 11.7. The number of likely N-dealkylation sites (N-methyl/N-ethyl adjacent to an activating group) is 1. The molecule has 0 saturated carbocycles. The van der Waals surface area contributed by atoms with E-state index in [1.165, 1.54) is 35.0 Å². The molecular formula is C24H21Cl2N5O5. The number of imide groups is 1. The van der Waals surface area contributed by atoms with Crippen molar-refractivity contribution < 1.29 is 24.3 Å². The largest absolute Gasteiger partial charge is 0.481 e. The van der Waals surface area contributed by atoms with Gasteiger partial charge in [0.15, 0.2) is 0 Å². The summed E-state index contributed by atoms with van der Waals surface area (Å²) in [6.45, 7) is -0.129. The summed E-state index contributed by atoms with van der Waals surface area (Å²) in [5.41, 5.74) is -0.168. The van der Waals surface area contributed by atoms with Gasteiger partial charge in [0.25, 0.3) is 5.91 Å². The normalized spacial score (nSPS) is 21.3. The Kier molecular flexibility index (Phi) is 6.80. The second-order valence-electron chi connectivity index (χ2n) is 8.58. The molecule has 2 aromatic carbocycles. The molecule has 4 rings (SSSR count). The number of aliphatic carboxylic acids is 1. The Bertz CT molecular complexity index is 1270. The summed E-state index contributed by atoms with van der Waals surface area (Å²) < 4.78 is 0. The first-order valence-electron chi connectivity index (χ1n) is 10.9. The molecule has 2 heterocycles. The third-order valence-electron chi connectivity index (χ3n) is 6.51. The van der Waals surface area contributed by atoms with Crippen molar-refractivity contribution in [3.05, 3.63) is 63.6 Å². The molecule has 2 N–H and O–H groups in total. The highest BCUT2D eigenvalue weighted by atomic mass is 35.5. The summed E-state index contributed by atoms with van der Waals surface area (Å²) in [5.74, 6) is -2.24. The second-order valence-corrected chi connectivity index (χ2v) is 9.45. The van der Waals surface area contributed by atoms with Crippen LogP contribution in [0.3, 0.4) is 0 Å². The van der Waals surface area contributed by atoms with Crippen molar-refractivity contribution in [3.63, 3.8) is 0 Å². The molecule has 2 aliphatic rings. The summed E-state index contributed by atoms with van der Waals surface area (Å²) >= 11 is 12.2. The van der Waals surface area contributed by atoms with Crippen molar-refractivity contribution >= 4 is 52.8 Å². The van der Waals surface area contributed by atoms with Crippen molar-refractivity contribution in [3.8, 4) is 6.07 Å². The number of hydrogen-bond acceptors (Lipinski definition) is 5. The van der Waals surface area contributed by atoms with Gasteiger partial charge in [-0.3, -0.25) is 9.59 Å². The molecule has 0 bridgehead atoms. The number of rotatable bonds is 5. The van der Waals surface area contributed by atoms with Crippen LogP contribution in [0.4, 0.5) is 15.3 Å². The maximum atomic E-state index is 14.0. The first kappa shape index (κ1) is 25.3. The van der Waals surface area contributed by atoms with Crippen LogP contribution in [0.15, 0.2) is 42.5 Å². The van der Waals surface area contributed by atoms with Crippen LogP contribution < -0.4 is 10.2 Å². The van der Waals surface area contributed by atoms with E-state index in [4.69, 9.17) is 28.3 Å². The summed E-state index contributed by atoms with van der Waals surface area (Å²) in [6.07, 6.45) is -0.260. The molecule has 0 radical (unpaired) electrons. The Labute approximate surface area is 216 Å². The molecule has 186 valence electrons. The molecule has 0 unspecified atom stereocenters. The minimum Gasteiger partial charge on any atom is -0.481 e. The Morgan fingerprint density at radius 3 is 2.39 bits per heavy atom. The third-order valence-corrected chi connectivity index (χ3v) is 6.95. The lowest BCUT2D eigenvalue weighted by atomic mass is 9.80. The van der Waals surface area contributed by atoms with Crippen molar-refractivity contribution in [1.29, 1.82) is 5.26 Å². The third kappa shape index (κ3) is 4.32. The van der Waals surface area contributed by atoms with Crippen LogP contribution in [-0.4, -0.2) is 71.1 Å². The van der Waals surface area contributed by atoms with E-state index in [2.05, 4.69) is 5.32 Å². The number of nitriles is 1. The fourth-order valence-electron chi connectivity index (χ4n) is 4.75. The van der Waals surface area contributed by atoms with E-state index in [0.717, 1.165) is 4.90 Å². The van der Waals surface area contributed by atoms with Gasteiger partial charge in [0, 0.05) is 36.1 Å². The number of carboxylic acids is 1. The number of benzene rings is 2. The molecular weight excluding hydrogens is 509 g/mol. The van der Waals surface area contributed by atoms with Crippen LogP contribution in [0, 0.1) is 11.3 Å². The number of carbonyl (C=O) groups is 4. The maximum Gasteiger partial charge on any atom is 0.332 e. The van der Waals surface area contributed by atoms with E-state index in [9.17, 15) is 24.4 Å². The number of anilines is 1. The standard InChI is InChI=1S/C24H21Cl2N5O5/c1-29-23(36)31(18-9-16(25)8-17(26)10-18)21(34)24(29)13-30(22(35)28-7-6-20(32)33)12-19(24)15-4-2-14(11-27)3-5-15/h2-5,8-10,19H,6-7,12-13H2,1H3,(H,28,35)(H,32,33)/t19-,24+/m0/s1. The summed E-state index contributed by atoms with van der Waals surface area (Å²) in [4.78, 5) is 54.9. The Morgan fingerprint density at radius 1 is 1.17 bits per heavy atom. The number of urea groups is 2. The number of hydrogen-bond donors (Lipinski definition) is 2. The SMILES string of the molecule is CN1C(=O)N(c2cc(Cl)cc(Cl)c2)C(=O)[C@]12CN(C(=O)NCCC(=O)O)C[C@H]2c1ccc(C#N)cc1. The lowest BCUT2D eigenvalue weighted by molar-refractivity contribution is -0.136. The molecule has 2 aromatic rings. The van der Waals surface area contributed by atoms with Gasteiger partial charge in [-0.2, -0.15) is 5.26 Å². The molecule has 12 heteroatoms. The van der Waals surface area contributed by atoms with E-state index in [-0.39, 0.29) is 41.8 Å². The fraction of sp³-hybridized carbons (Fsp3) is 0.292. The van der Waals surface area contributed by atoms with E-state index < -0.39 is 35.4 Å². The van der Waals surface area contributed by atoms with Crippen molar-refractivity contribution in [1.82, 2.24) is 15.1 Å². The van der Waals surface area contributed by atoms with Crippen LogP contribution in [0.25, 0.3) is 0 Å². The van der Waals surface area contributed by atoms with Gasteiger partial charge in [0.2, 0.25) is 0 Å². The quantitative estimate of drug-likeness (QED) is 0.570. The number of likely N-dealkylation sites (tertiary alicyclic amines) is 1. The molecule has 0 aliphatic carbocycles. The van der Waals surface area contributed by atoms with Gasteiger partial charge >= 0.3 is 18.0 Å². The zero-order valence-electron chi connectivity index (χ0n) is 19.1. The predicted molar refractivity (Wildman–Crippen MR) is 131 cm³/mol. The van der Waals surface area contributed by atoms with E-state index in [0.29, 0.717) is 11.1 Å². The molecule has 36 heavy (non-hydrogen) atoms. The smallest absolute Gasteiger partial charge is 0.332 e. The van der Waals surface area contributed by atoms with Crippen molar-refractivity contribution in [2.24, 2.45) is 0 Å². The fourth-order valence-corrected chi connectivity index (χ4v) is 5.26. The minimum absolute atomic E-state index is 0.0817. The Hall–Kier alpha value is -3.81. The number of carbonyl (C=O) groups excluding carboxylic acids is 3. The number of halogens is 2. The average Bonchev–Trinajstić information content (AvgIpc) is 3.32. The lowest BCUT2D eigenvalue weighted by Crippen LogP contribution is -2.54. The zero-order chi connectivity index (χ0) is 26.2. The second kappa shape index (κ2) is 9.68. The highest BCUT2D eigenvalue weighted by molar-refractivity contribution is 6.35. The Morgan fingerprint density at radius 2 is 1.81 bits per heavy atom. The van der Waals surface area contributed by atoms with Crippen LogP contribution in [0.2, 0.25) is 10.0 Å². The van der Waals surface area contributed by atoms with E-state index >= 15 is 0 Å². The summed E-state index contributed by atoms with van der Waals surface area (Å²) in [6, 6.07) is 11.9. The lowest BCUT2D eigenvalue weighted by Gasteiger charge is -2.33. The zero-order valence-corrected chi connectivity index (χ0v) is 20.6. The predicted octanol–water partition coefficient (Wildman–Crippen LogP) is 3.29. The van der Waals surface area contributed by atoms with Gasteiger partial charge in [-0.1, -0.05) is 35.3 Å². The van der Waals surface area contributed by atoms with Crippen molar-refractivity contribution in [2.75, 3.05) is 31.6 Å². The molecule has 2 aliphatic heterocycles. The molecule has 10 nitrogen and oxygen atoms in total. The minimum atomic E-state index is -1.45. The van der Waals surface area contributed by atoms with Gasteiger partial charge in [-0.05, 0) is 35.9 Å². The number of nitrogens with zero attached hydrogens (tertiary/aromatic N) is 4. The van der Waals surface area contributed by atoms with Crippen LogP contribution >= 0.6 is 23.2 Å². The number of amides is 5. The highest BCUT2D eigenvalue weighted by Gasteiger charge is 2.65. The summed E-state index contributed by atoms with van der Waals surface area (Å²) in [5, 5.41) is 21.1.